The van der Waals surface area contributed by atoms with Crippen LogP contribution >= 0.6 is 0 Å². The quantitative estimate of drug-likeness (QED) is 0.668. The van der Waals surface area contributed by atoms with Crippen LogP contribution in [0.3, 0.4) is 0 Å². The van der Waals surface area contributed by atoms with E-state index in [-0.39, 0.29) is 5.04 Å². The maximum atomic E-state index is 9.72. The van der Waals surface area contributed by atoms with Crippen LogP contribution in [0.15, 0.2) is 60.7 Å². The normalized spacial score (nSPS) is 13.1. The number of rotatable bonds is 2. The monoisotopic (exact) mass is 308 g/mol. The summed E-state index contributed by atoms with van der Waals surface area (Å²) in [5.41, 5.74) is 3.54. The van der Waals surface area contributed by atoms with Crippen molar-refractivity contribution in [2.45, 2.75) is 38.8 Å². The van der Waals surface area contributed by atoms with Gasteiger partial charge < -0.3 is 5.11 Å². The molecule has 0 radical (unpaired) electrons. The zero-order valence-corrected chi connectivity index (χ0v) is 14.8. The van der Waals surface area contributed by atoms with Crippen LogP contribution in [0, 0.1) is 11.5 Å². The van der Waals surface area contributed by atoms with E-state index in [1.807, 2.05) is 12.1 Å². The molecule has 22 heavy (non-hydrogen) atoms. The summed E-state index contributed by atoms with van der Waals surface area (Å²) in [7, 11) is -2.33. The molecule has 2 heteroatoms. The Morgan fingerprint density at radius 3 is 1.59 bits per heavy atom. The molecule has 2 aromatic rings. The van der Waals surface area contributed by atoms with E-state index < -0.39 is 14.2 Å². The molecule has 1 N–H and O–H groups in total. The Labute approximate surface area is 135 Å². The molecule has 1 atom stereocenters. The van der Waals surface area contributed by atoms with Crippen molar-refractivity contribution in [3.05, 3.63) is 60.7 Å². The highest BCUT2D eigenvalue weighted by Gasteiger charge is 2.46. The van der Waals surface area contributed by atoms with Crippen molar-refractivity contribution < 1.29 is 5.11 Å². The fourth-order valence-corrected chi connectivity index (χ4v) is 7.49. The van der Waals surface area contributed by atoms with Crippen molar-refractivity contribution in [2.24, 2.45) is 0 Å². The van der Waals surface area contributed by atoms with Gasteiger partial charge in [-0.3, -0.25) is 0 Å². The summed E-state index contributed by atoms with van der Waals surface area (Å²) >= 11 is 0. The van der Waals surface area contributed by atoms with Crippen LogP contribution < -0.4 is 10.4 Å². The van der Waals surface area contributed by atoms with Gasteiger partial charge in [0.25, 0.3) is 0 Å². The van der Waals surface area contributed by atoms with Crippen molar-refractivity contribution in [3.63, 3.8) is 0 Å². The molecule has 0 aromatic heterocycles. The molecule has 0 amide bonds. The SMILES string of the molecule is C[C@H](O)C#C[Si](c1ccccc1)(c1ccccc1)C(C)(C)C. The number of hydrogen-bond donors (Lipinski definition) is 1. The lowest BCUT2D eigenvalue weighted by atomic mass is 10.2. The van der Waals surface area contributed by atoms with Crippen molar-refractivity contribution in [1.29, 1.82) is 0 Å². The van der Waals surface area contributed by atoms with Gasteiger partial charge in [0.1, 0.15) is 6.10 Å². The molecule has 0 saturated carbocycles. The largest absolute Gasteiger partial charge is 0.381 e. The van der Waals surface area contributed by atoms with E-state index in [1.54, 1.807) is 6.92 Å². The van der Waals surface area contributed by atoms with E-state index in [1.165, 1.54) is 10.4 Å². The summed E-state index contributed by atoms with van der Waals surface area (Å²) in [4.78, 5) is 0. The van der Waals surface area contributed by atoms with Crippen LogP contribution in [-0.2, 0) is 0 Å². The van der Waals surface area contributed by atoms with Crippen LogP contribution in [0.25, 0.3) is 0 Å². The number of benzene rings is 2. The van der Waals surface area contributed by atoms with E-state index in [0.717, 1.165) is 0 Å². The lowest BCUT2D eigenvalue weighted by Gasteiger charge is -2.39. The molecule has 0 unspecified atom stereocenters. The second-order valence-electron chi connectivity index (χ2n) is 6.68. The highest BCUT2D eigenvalue weighted by Crippen LogP contribution is 2.35. The third-order valence-electron chi connectivity index (χ3n) is 4.01. The van der Waals surface area contributed by atoms with Gasteiger partial charge in [0.2, 0.25) is 8.07 Å². The molecule has 0 fully saturated rings. The topological polar surface area (TPSA) is 20.2 Å². The van der Waals surface area contributed by atoms with Gasteiger partial charge in [0.05, 0.1) is 0 Å². The lowest BCUT2D eigenvalue weighted by Crippen LogP contribution is -2.63. The summed E-state index contributed by atoms with van der Waals surface area (Å²) in [6, 6.07) is 21.1. The third-order valence-corrected chi connectivity index (χ3v) is 9.18. The highest BCUT2D eigenvalue weighted by molar-refractivity contribution is 7.10. The molecule has 0 aliphatic heterocycles. The minimum Gasteiger partial charge on any atom is -0.381 e. The maximum absolute atomic E-state index is 9.72. The smallest absolute Gasteiger partial charge is 0.204 e. The van der Waals surface area contributed by atoms with Gasteiger partial charge in [0, 0.05) is 0 Å². The average molecular weight is 308 g/mol. The first kappa shape index (κ1) is 16.5. The second kappa shape index (κ2) is 6.52. The van der Waals surface area contributed by atoms with Crippen LogP contribution in [0.4, 0.5) is 0 Å². The number of hydrogen-bond acceptors (Lipinski definition) is 1. The summed E-state index contributed by atoms with van der Waals surface area (Å²) in [5, 5.41) is 12.3. The molecule has 114 valence electrons. The van der Waals surface area contributed by atoms with Crippen molar-refractivity contribution in [3.8, 4) is 11.5 Å². The standard InChI is InChI=1S/C20H24OSi/c1-17(21)15-16-22(20(2,3)4,18-11-7-5-8-12-18)19-13-9-6-10-14-19/h5-14,17,21H,1-4H3/t17-/m0/s1. The van der Waals surface area contributed by atoms with Gasteiger partial charge in [-0.15, -0.1) is 5.54 Å². The number of aliphatic hydroxyl groups is 1. The first-order valence-corrected chi connectivity index (χ1v) is 9.70. The summed E-state index contributed by atoms with van der Waals surface area (Å²) in [6.07, 6.45) is -0.610. The Morgan fingerprint density at radius 2 is 1.27 bits per heavy atom. The predicted octanol–water partition coefficient (Wildman–Crippen LogP) is 2.97. The van der Waals surface area contributed by atoms with Gasteiger partial charge in [0.15, 0.2) is 0 Å². The molecule has 0 spiro atoms. The summed E-state index contributed by atoms with van der Waals surface area (Å²) in [6.45, 7) is 8.51. The van der Waals surface area contributed by atoms with Crippen molar-refractivity contribution in [2.75, 3.05) is 0 Å². The van der Waals surface area contributed by atoms with Crippen LogP contribution in [0.5, 0.6) is 0 Å². The first-order valence-electron chi connectivity index (χ1n) is 7.70. The van der Waals surface area contributed by atoms with E-state index in [4.69, 9.17) is 0 Å². The predicted molar refractivity (Wildman–Crippen MR) is 97.1 cm³/mol. The lowest BCUT2D eigenvalue weighted by molar-refractivity contribution is 0.253. The Kier molecular flexibility index (Phi) is 4.90. The molecular weight excluding hydrogens is 284 g/mol. The van der Waals surface area contributed by atoms with Crippen molar-refractivity contribution >= 4 is 18.4 Å². The van der Waals surface area contributed by atoms with Gasteiger partial charge in [-0.25, -0.2) is 0 Å². The van der Waals surface area contributed by atoms with Crippen LogP contribution in [0.2, 0.25) is 5.04 Å². The Bertz CT molecular complexity index is 618. The molecule has 0 bridgehead atoms. The minimum atomic E-state index is -2.33. The summed E-state index contributed by atoms with van der Waals surface area (Å²) < 4.78 is 0. The molecule has 0 saturated heterocycles. The Balaban J connectivity index is 2.80. The van der Waals surface area contributed by atoms with Gasteiger partial charge in [-0.05, 0) is 22.3 Å². The zero-order chi connectivity index (χ0) is 16.2. The van der Waals surface area contributed by atoms with E-state index in [0.29, 0.717) is 0 Å². The molecule has 0 heterocycles. The van der Waals surface area contributed by atoms with Gasteiger partial charge in [-0.2, -0.15) is 0 Å². The molecule has 0 aliphatic rings. The summed E-state index contributed by atoms with van der Waals surface area (Å²) in [5.74, 6) is 3.06. The Morgan fingerprint density at radius 1 is 0.864 bits per heavy atom. The fraction of sp³-hybridized carbons (Fsp3) is 0.300. The third kappa shape index (κ3) is 3.16. The van der Waals surface area contributed by atoms with Crippen molar-refractivity contribution in [1.82, 2.24) is 0 Å². The number of aliphatic hydroxyl groups excluding tert-OH is 1. The Hall–Kier alpha value is -1.82. The first-order chi connectivity index (χ1) is 10.4. The molecule has 1 nitrogen and oxygen atoms in total. The minimum absolute atomic E-state index is 0.0115. The molecular formula is C20H24OSi. The highest BCUT2D eigenvalue weighted by atomic mass is 28.3. The van der Waals surface area contributed by atoms with Crippen LogP contribution in [-0.4, -0.2) is 19.3 Å². The average Bonchev–Trinajstić information content (AvgIpc) is 2.48. The molecule has 2 aromatic carbocycles. The fourth-order valence-electron chi connectivity index (χ4n) is 2.95. The zero-order valence-electron chi connectivity index (χ0n) is 13.8. The van der Waals surface area contributed by atoms with Gasteiger partial charge in [-0.1, -0.05) is 87.4 Å². The van der Waals surface area contributed by atoms with E-state index in [9.17, 15) is 5.11 Å². The molecule has 0 aliphatic carbocycles. The molecule has 2 rings (SSSR count). The van der Waals surface area contributed by atoms with Crippen LogP contribution in [0.1, 0.15) is 27.7 Å². The second-order valence-corrected chi connectivity index (χ2v) is 11.1. The van der Waals surface area contributed by atoms with E-state index >= 15 is 0 Å². The van der Waals surface area contributed by atoms with E-state index in [2.05, 4.69) is 80.8 Å². The van der Waals surface area contributed by atoms with Gasteiger partial charge >= 0.3 is 0 Å². The maximum Gasteiger partial charge on any atom is 0.204 e.